The molecule has 0 saturated carbocycles. The molecule has 0 fully saturated rings. The summed E-state index contributed by atoms with van der Waals surface area (Å²) in [4.78, 5) is 33.1. The third kappa shape index (κ3) is 4.94. The summed E-state index contributed by atoms with van der Waals surface area (Å²) in [5.41, 5.74) is -0.162. The van der Waals surface area contributed by atoms with E-state index in [1.165, 1.54) is 12.0 Å². The molecule has 0 radical (unpaired) electrons. The fourth-order valence-corrected chi connectivity index (χ4v) is 2.59. The molecule has 0 spiro atoms. The predicted molar refractivity (Wildman–Crippen MR) is 91.6 cm³/mol. The SMILES string of the molecule is CC(=O)NCCNC(=O)CC1(C)N=C(c2cccc(Cl)c2)N(C)O1. The number of nitrogens with one attached hydrogen (secondary N) is 2. The van der Waals surface area contributed by atoms with E-state index in [0.29, 0.717) is 23.9 Å². The molecule has 0 bridgehead atoms. The van der Waals surface area contributed by atoms with Crippen LogP contribution in [0.25, 0.3) is 0 Å². The average Bonchev–Trinajstić information content (AvgIpc) is 2.78. The van der Waals surface area contributed by atoms with Gasteiger partial charge in [0.15, 0.2) is 11.6 Å². The van der Waals surface area contributed by atoms with Gasteiger partial charge >= 0.3 is 0 Å². The first kappa shape index (κ1) is 18.2. The van der Waals surface area contributed by atoms with Crippen LogP contribution in [0.3, 0.4) is 0 Å². The first-order valence-corrected chi connectivity index (χ1v) is 7.97. The lowest BCUT2D eigenvalue weighted by molar-refractivity contribution is -0.166. The van der Waals surface area contributed by atoms with Crippen molar-refractivity contribution >= 4 is 29.3 Å². The molecule has 0 aromatic heterocycles. The van der Waals surface area contributed by atoms with Gasteiger partial charge in [-0.05, 0) is 19.1 Å². The largest absolute Gasteiger partial charge is 0.355 e. The van der Waals surface area contributed by atoms with Crippen molar-refractivity contribution in [3.8, 4) is 0 Å². The van der Waals surface area contributed by atoms with Gasteiger partial charge in [0, 0.05) is 37.6 Å². The van der Waals surface area contributed by atoms with E-state index >= 15 is 0 Å². The molecule has 1 aliphatic rings. The number of amidine groups is 1. The van der Waals surface area contributed by atoms with Crippen LogP contribution in [-0.2, 0) is 14.4 Å². The van der Waals surface area contributed by atoms with E-state index in [4.69, 9.17) is 16.4 Å². The fourth-order valence-electron chi connectivity index (χ4n) is 2.40. The molecule has 2 N–H and O–H groups in total. The van der Waals surface area contributed by atoms with Gasteiger partial charge < -0.3 is 10.6 Å². The van der Waals surface area contributed by atoms with Crippen LogP contribution in [0.2, 0.25) is 5.02 Å². The van der Waals surface area contributed by atoms with Gasteiger partial charge in [-0.15, -0.1) is 0 Å². The molecule has 24 heavy (non-hydrogen) atoms. The molecule has 1 unspecified atom stereocenters. The van der Waals surface area contributed by atoms with E-state index in [-0.39, 0.29) is 18.2 Å². The van der Waals surface area contributed by atoms with Gasteiger partial charge in [-0.3, -0.25) is 9.59 Å². The van der Waals surface area contributed by atoms with Crippen LogP contribution in [0.4, 0.5) is 0 Å². The Balaban J connectivity index is 1.97. The lowest BCUT2D eigenvalue weighted by Crippen LogP contribution is -2.38. The zero-order valence-corrected chi connectivity index (χ0v) is 14.7. The number of carbonyl (C=O) groups is 2. The van der Waals surface area contributed by atoms with Crippen LogP contribution < -0.4 is 10.6 Å². The number of rotatable bonds is 6. The molecule has 1 aromatic carbocycles. The Morgan fingerprint density at radius 2 is 2.04 bits per heavy atom. The molecule has 2 rings (SSSR count). The standard InChI is InChI=1S/C16H21ClN4O3/c1-11(22)18-7-8-19-14(23)10-16(2)20-15(21(3)24-16)12-5-4-6-13(17)9-12/h4-6,9H,7-8,10H2,1-3H3,(H,18,22)(H,19,23). The Morgan fingerprint density at radius 1 is 1.33 bits per heavy atom. The highest BCUT2D eigenvalue weighted by Gasteiger charge is 2.37. The van der Waals surface area contributed by atoms with E-state index in [0.717, 1.165) is 5.56 Å². The van der Waals surface area contributed by atoms with Crippen LogP contribution >= 0.6 is 11.6 Å². The van der Waals surface area contributed by atoms with Gasteiger partial charge in [-0.1, -0.05) is 23.7 Å². The fraction of sp³-hybridized carbons (Fsp3) is 0.438. The number of hydroxylamine groups is 2. The zero-order valence-electron chi connectivity index (χ0n) is 13.9. The van der Waals surface area contributed by atoms with Crippen molar-refractivity contribution < 1.29 is 14.4 Å². The molecule has 1 heterocycles. The first-order chi connectivity index (χ1) is 11.3. The van der Waals surface area contributed by atoms with Gasteiger partial charge in [-0.2, -0.15) is 0 Å². The normalized spacial score (nSPS) is 19.8. The number of halogens is 1. The molecule has 1 atom stereocenters. The molecule has 0 aliphatic carbocycles. The highest BCUT2D eigenvalue weighted by molar-refractivity contribution is 6.31. The molecule has 7 nitrogen and oxygen atoms in total. The molecule has 0 saturated heterocycles. The smallest absolute Gasteiger partial charge is 0.225 e. The molecule has 130 valence electrons. The molecule has 8 heteroatoms. The molecule has 1 aromatic rings. The number of hydrogen-bond acceptors (Lipinski definition) is 5. The first-order valence-electron chi connectivity index (χ1n) is 7.59. The van der Waals surface area contributed by atoms with Crippen molar-refractivity contribution in [3.05, 3.63) is 34.9 Å². The molecular formula is C16H21ClN4O3. The molecular weight excluding hydrogens is 332 g/mol. The minimum absolute atomic E-state index is 0.0709. The molecule has 2 amide bonds. The van der Waals surface area contributed by atoms with Crippen LogP contribution in [0.5, 0.6) is 0 Å². The Hall–Kier alpha value is -2.12. The summed E-state index contributed by atoms with van der Waals surface area (Å²) in [7, 11) is 1.74. The van der Waals surface area contributed by atoms with Crippen molar-refractivity contribution in [2.24, 2.45) is 4.99 Å². The van der Waals surface area contributed by atoms with Crippen LogP contribution in [-0.4, -0.2) is 48.6 Å². The van der Waals surface area contributed by atoms with Gasteiger partial charge in [0.25, 0.3) is 0 Å². The van der Waals surface area contributed by atoms with Crippen molar-refractivity contribution in [2.45, 2.75) is 26.0 Å². The Bertz CT molecular complexity index is 664. The van der Waals surface area contributed by atoms with E-state index < -0.39 is 5.72 Å². The topological polar surface area (TPSA) is 83.0 Å². The Kier molecular flexibility index (Phi) is 5.80. The summed E-state index contributed by atoms with van der Waals surface area (Å²) in [6.45, 7) is 3.91. The summed E-state index contributed by atoms with van der Waals surface area (Å²) < 4.78 is 0. The second kappa shape index (κ2) is 7.63. The lowest BCUT2D eigenvalue weighted by atomic mass is 10.1. The van der Waals surface area contributed by atoms with Crippen LogP contribution in [0.1, 0.15) is 25.8 Å². The van der Waals surface area contributed by atoms with Crippen LogP contribution in [0, 0.1) is 0 Å². The Morgan fingerprint density at radius 3 is 2.71 bits per heavy atom. The predicted octanol–water partition coefficient (Wildman–Crippen LogP) is 1.32. The van der Waals surface area contributed by atoms with Gasteiger partial charge in [0.2, 0.25) is 11.8 Å². The maximum Gasteiger partial charge on any atom is 0.225 e. The number of aliphatic imine (C=N–C) groups is 1. The van der Waals surface area contributed by atoms with E-state index in [2.05, 4.69) is 15.6 Å². The number of benzene rings is 1. The monoisotopic (exact) mass is 352 g/mol. The second-order valence-corrected chi connectivity index (χ2v) is 6.16. The second-order valence-electron chi connectivity index (χ2n) is 5.72. The van der Waals surface area contributed by atoms with Crippen molar-refractivity contribution in [3.63, 3.8) is 0 Å². The summed E-state index contributed by atoms with van der Waals surface area (Å²) in [6.07, 6.45) is 0.0709. The highest BCUT2D eigenvalue weighted by atomic mass is 35.5. The highest BCUT2D eigenvalue weighted by Crippen LogP contribution is 2.28. The summed E-state index contributed by atoms with van der Waals surface area (Å²) in [6, 6.07) is 7.28. The number of amides is 2. The summed E-state index contributed by atoms with van der Waals surface area (Å²) in [5.74, 6) is 0.283. The van der Waals surface area contributed by atoms with Gasteiger partial charge in [0.05, 0.1) is 6.42 Å². The average molecular weight is 353 g/mol. The molecule has 1 aliphatic heterocycles. The number of hydrogen-bond donors (Lipinski definition) is 2. The van der Waals surface area contributed by atoms with Crippen molar-refractivity contribution in [1.29, 1.82) is 0 Å². The minimum atomic E-state index is -0.982. The van der Waals surface area contributed by atoms with Gasteiger partial charge in [-0.25, -0.2) is 14.9 Å². The van der Waals surface area contributed by atoms with E-state index in [9.17, 15) is 9.59 Å². The zero-order chi connectivity index (χ0) is 17.7. The summed E-state index contributed by atoms with van der Waals surface area (Å²) in [5, 5.41) is 7.48. The maximum atomic E-state index is 12.0. The summed E-state index contributed by atoms with van der Waals surface area (Å²) >= 11 is 6.01. The number of nitrogens with zero attached hydrogens (tertiary/aromatic N) is 2. The van der Waals surface area contributed by atoms with E-state index in [1.54, 1.807) is 26.1 Å². The third-order valence-electron chi connectivity index (χ3n) is 3.37. The van der Waals surface area contributed by atoms with Crippen molar-refractivity contribution in [2.75, 3.05) is 20.1 Å². The number of carbonyl (C=O) groups excluding carboxylic acids is 2. The van der Waals surface area contributed by atoms with Gasteiger partial charge in [0.1, 0.15) is 0 Å². The minimum Gasteiger partial charge on any atom is -0.355 e. The maximum absolute atomic E-state index is 12.0. The van der Waals surface area contributed by atoms with E-state index in [1.807, 2.05) is 12.1 Å². The quantitative estimate of drug-likeness (QED) is 0.756. The third-order valence-corrected chi connectivity index (χ3v) is 3.60. The lowest BCUT2D eigenvalue weighted by Gasteiger charge is -2.21. The Labute approximate surface area is 146 Å². The van der Waals surface area contributed by atoms with Crippen LogP contribution in [0.15, 0.2) is 29.3 Å². The van der Waals surface area contributed by atoms with Crippen molar-refractivity contribution in [1.82, 2.24) is 15.7 Å².